The highest BCUT2D eigenvalue weighted by Gasteiger charge is 2.23. The second-order valence-corrected chi connectivity index (χ2v) is 10.5. The maximum Gasteiger partial charge on any atom is 0.255 e. The van der Waals surface area contributed by atoms with Gasteiger partial charge in [-0.3, -0.25) is 4.79 Å². The SMILES string of the molecule is CCN(Cc1ccccc1)S(=O)(=O)c1ccc(C(=O)Nc2ccc(S(N)(=O)=O)cc2)cc1. The van der Waals surface area contributed by atoms with Gasteiger partial charge in [-0.05, 0) is 54.1 Å². The quantitative estimate of drug-likeness (QED) is 0.520. The highest BCUT2D eigenvalue weighted by Crippen LogP contribution is 2.20. The number of nitrogens with zero attached hydrogens (tertiary/aromatic N) is 1. The van der Waals surface area contributed by atoms with E-state index in [1.807, 2.05) is 30.3 Å². The molecule has 0 atom stereocenters. The van der Waals surface area contributed by atoms with E-state index < -0.39 is 26.0 Å². The lowest BCUT2D eigenvalue weighted by atomic mass is 10.2. The van der Waals surface area contributed by atoms with Gasteiger partial charge in [-0.2, -0.15) is 4.31 Å². The van der Waals surface area contributed by atoms with E-state index >= 15 is 0 Å². The highest BCUT2D eigenvalue weighted by molar-refractivity contribution is 7.89. The van der Waals surface area contributed by atoms with Crippen LogP contribution in [-0.2, 0) is 26.6 Å². The Morgan fingerprint density at radius 3 is 1.94 bits per heavy atom. The van der Waals surface area contributed by atoms with E-state index in [1.54, 1.807) is 6.92 Å². The Morgan fingerprint density at radius 1 is 0.844 bits per heavy atom. The van der Waals surface area contributed by atoms with E-state index in [9.17, 15) is 21.6 Å². The third kappa shape index (κ3) is 5.60. The van der Waals surface area contributed by atoms with Crippen LogP contribution >= 0.6 is 0 Å². The van der Waals surface area contributed by atoms with Crippen molar-refractivity contribution in [3.63, 3.8) is 0 Å². The largest absolute Gasteiger partial charge is 0.322 e. The third-order valence-corrected chi connectivity index (χ3v) is 7.61. The second-order valence-electron chi connectivity index (χ2n) is 6.96. The average molecular weight is 474 g/mol. The number of rotatable bonds is 8. The Labute approximate surface area is 187 Å². The summed E-state index contributed by atoms with van der Waals surface area (Å²) >= 11 is 0. The molecule has 0 heterocycles. The van der Waals surface area contributed by atoms with Crippen molar-refractivity contribution < 1.29 is 21.6 Å². The van der Waals surface area contributed by atoms with Crippen LogP contribution in [0.5, 0.6) is 0 Å². The summed E-state index contributed by atoms with van der Waals surface area (Å²) in [6, 6.07) is 20.3. The maximum atomic E-state index is 13.0. The lowest BCUT2D eigenvalue weighted by Crippen LogP contribution is -2.30. The minimum Gasteiger partial charge on any atom is -0.322 e. The van der Waals surface area contributed by atoms with Gasteiger partial charge in [0.2, 0.25) is 20.0 Å². The minimum absolute atomic E-state index is 0.0685. The molecule has 0 fully saturated rings. The lowest BCUT2D eigenvalue weighted by molar-refractivity contribution is 0.102. The number of anilines is 1. The fourth-order valence-electron chi connectivity index (χ4n) is 3.01. The summed E-state index contributed by atoms with van der Waals surface area (Å²) < 4.78 is 50.0. The van der Waals surface area contributed by atoms with E-state index in [-0.39, 0.29) is 21.9 Å². The maximum absolute atomic E-state index is 13.0. The summed E-state index contributed by atoms with van der Waals surface area (Å²) in [6.45, 7) is 2.31. The number of hydrogen-bond acceptors (Lipinski definition) is 5. The number of benzene rings is 3. The number of primary sulfonamides is 1. The Kier molecular flexibility index (Phi) is 7.09. The average Bonchev–Trinajstić information content (AvgIpc) is 2.78. The van der Waals surface area contributed by atoms with Crippen LogP contribution in [-0.4, -0.2) is 33.6 Å². The molecule has 0 spiro atoms. The molecule has 3 rings (SSSR count). The molecule has 8 nitrogen and oxygen atoms in total. The number of carbonyl (C=O) groups excluding carboxylic acids is 1. The number of hydrogen-bond donors (Lipinski definition) is 2. The predicted octanol–water partition coefficient (Wildman–Crippen LogP) is 2.80. The smallest absolute Gasteiger partial charge is 0.255 e. The van der Waals surface area contributed by atoms with Crippen LogP contribution in [0.25, 0.3) is 0 Å². The first-order valence-corrected chi connectivity index (χ1v) is 12.7. The molecule has 0 aliphatic carbocycles. The fourth-order valence-corrected chi connectivity index (χ4v) is 4.96. The van der Waals surface area contributed by atoms with Gasteiger partial charge in [0.15, 0.2) is 0 Å². The van der Waals surface area contributed by atoms with Crippen LogP contribution in [0.3, 0.4) is 0 Å². The van der Waals surface area contributed by atoms with Crippen molar-refractivity contribution in [1.82, 2.24) is 4.31 Å². The Morgan fingerprint density at radius 2 is 1.41 bits per heavy atom. The molecule has 10 heteroatoms. The zero-order valence-electron chi connectivity index (χ0n) is 17.3. The number of sulfonamides is 2. The molecule has 0 aliphatic rings. The molecule has 0 aliphatic heterocycles. The molecule has 168 valence electrons. The summed E-state index contributed by atoms with van der Waals surface area (Å²) in [5, 5.41) is 7.68. The molecule has 0 unspecified atom stereocenters. The predicted molar refractivity (Wildman–Crippen MR) is 122 cm³/mol. The zero-order valence-corrected chi connectivity index (χ0v) is 18.9. The van der Waals surface area contributed by atoms with Crippen LogP contribution in [0.1, 0.15) is 22.8 Å². The molecule has 0 saturated heterocycles. The number of amides is 1. The first-order valence-electron chi connectivity index (χ1n) is 9.69. The van der Waals surface area contributed by atoms with Crippen LogP contribution in [0.15, 0.2) is 88.7 Å². The summed E-state index contributed by atoms with van der Waals surface area (Å²) in [4.78, 5) is 12.5. The van der Waals surface area contributed by atoms with E-state index in [4.69, 9.17) is 5.14 Å². The summed E-state index contributed by atoms with van der Waals surface area (Å²) in [7, 11) is -7.56. The molecule has 3 N–H and O–H groups in total. The fraction of sp³-hybridized carbons (Fsp3) is 0.136. The van der Waals surface area contributed by atoms with Crippen molar-refractivity contribution in [1.29, 1.82) is 0 Å². The first-order chi connectivity index (χ1) is 15.1. The van der Waals surface area contributed by atoms with Gasteiger partial charge < -0.3 is 5.32 Å². The first kappa shape index (κ1) is 23.6. The van der Waals surface area contributed by atoms with Crippen LogP contribution < -0.4 is 10.5 Å². The Hall–Kier alpha value is -3.05. The number of nitrogens with one attached hydrogen (secondary N) is 1. The van der Waals surface area contributed by atoms with Crippen molar-refractivity contribution in [2.75, 3.05) is 11.9 Å². The molecule has 0 saturated carbocycles. The number of carbonyl (C=O) groups is 1. The van der Waals surface area contributed by atoms with Gasteiger partial charge in [0.1, 0.15) is 0 Å². The van der Waals surface area contributed by atoms with Gasteiger partial charge in [0.25, 0.3) is 5.91 Å². The Balaban J connectivity index is 1.73. The van der Waals surface area contributed by atoms with Crippen LogP contribution in [0, 0.1) is 0 Å². The van der Waals surface area contributed by atoms with Gasteiger partial charge in [0, 0.05) is 24.3 Å². The zero-order chi connectivity index (χ0) is 23.4. The summed E-state index contributed by atoms with van der Waals surface area (Å²) in [5.41, 5.74) is 1.51. The monoisotopic (exact) mass is 473 g/mol. The summed E-state index contributed by atoms with van der Waals surface area (Å²) in [5.74, 6) is -0.464. The van der Waals surface area contributed by atoms with Crippen molar-refractivity contribution in [3.05, 3.63) is 90.0 Å². The number of nitrogens with two attached hydrogens (primary N) is 1. The standard InChI is InChI=1S/C22H23N3O5S2/c1-2-25(16-17-6-4-3-5-7-17)32(29,30)21-12-8-18(9-13-21)22(26)24-19-10-14-20(15-11-19)31(23,27)28/h3-15H,2,16H2,1H3,(H,24,26)(H2,23,27,28). The van der Waals surface area contributed by atoms with E-state index in [2.05, 4.69) is 5.32 Å². The van der Waals surface area contributed by atoms with Gasteiger partial charge >= 0.3 is 0 Å². The summed E-state index contributed by atoms with van der Waals surface area (Å²) in [6.07, 6.45) is 0. The highest BCUT2D eigenvalue weighted by atomic mass is 32.2. The second kappa shape index (κ2) is 9.61. The topological polar surface area (TPSA) is 127 Å². The molecule has 0 aromatic heterocycles. The van der Waals surface area contributed by atoms with Gasteiger partial charge in [-0.1, -0.05) is 37.3 Å². The molecular weight excluding hydrogens is 450 g/mol. The van der Waals surface area contributed by atoms with E-state index in [0.717, 1.165) is 5.56 Å². The van der Waals surface area contributed by atoms with Gasteiger partial charge in [0.05, 0.1) is 9.79 Å². The van der Waals surface area contributed by atoms with Crippen LogP contribution in [0.4, 0.5) is 5.69 Å². The van der Waals surface area contributed by atoms with E-state index in [0.29, 0.717) is 12.2 Å². The third-order valence-electron chi connectivity index (χ3n) is 4.75. The van der Waals surface area contributed by atoms with Crippen molar-refractivity contribution in [2.24, 2.45) is 5.14 Å². The van der Waals surface area contributed by atoms with Gasteiger partial charge in [-0.25, -0.2) is 22.0 Å². The molecule has 3 aromatic rings. The molecule has 3 aromatic carbocycles. The molecular formula is C22H23N3O5S2. The molecule has 1 amide bonds. The molecule has 0 bridgehead atoms. The van der Waals surface area contributed by atoms with Gasteiger partial charge in [-0.15, -0.1) is 0 Å². The normalized spacial score (nSPS) is 12.0. The van der Waals surface area contributed by atoms with Crippen molar-refractivity contribution in [2.45, 2.75) is 23.3 Å². The van der Waals surface area contributed by atoms with Crippen LogP contribution in [0.2, 0.25) is 0 Å². The lowest BCUT2D eigenvalue weighted by Gasteiger charge is -2.20. The van der Waals surface area contributed by atoms with Crippen molar-refractivity contribution >= 4 is 31.6 Å². The van der Waals surface area contributed by atoms with Crippen molar-refractivity contribution in [3.8, 4) is 0 Å². The molecule has 0 radical (unpaired) electrons. The molecule has 32 heavy (non-hydrogen) atoms. The van der Waals surface area contributed by atoms with E-state index in [1.165, 1.54) is 52.8 Å². The minimum atomic E-state index is -3.82. The Bertz CT molecular complexity index is 1290.